The van der Waals surface area contributed by atoms with Gasteiger partial charge < -0.3 is 57.1 Å². The Balaban J connectivity index is -0.000000163. The van der Waals surface area contributed by atoms with Crippen molar-refractivity contribution in [3.63, 3.8) is 0 Å². The van der Waals surface area contributed by atoms with Crippen molar-refractivity contribution in [3.05, 3.63) is 0 Å². The van der Waals surface area contributed by atoms with E-state index in [9.17, 15) is 38.6 Å². The molecule has 0 aromatic carbocycles. The summed E-state index contributed by atoms with van der Waals surface area (Å²) in [6, 6.07) is 0. The molecule has 12 N–H and O–H groups in total. The third-order valence-electron chi connectivity index (χ3n) is 1.10. The van der Waals surface area contributed by atoms with Crippen molar-refractivity contribution >= 4 is 21.2 Å². The summed E-state index contributed by atoms with van der Waals surface area (Å²) in [7, 11) is -10.3. The summed E-state index contributed by atoms with van der Waals surface area (Å²) in [6.45, 7) is -1.12. The van der Waals surface area contributed by atoms with E-state index in [0.717, 1.165) is 0 Å². The van der Waals surface area contributed by atoms with Crippen LogP contribution in [0.2, 0.25) is 0 Å². The number of carboxylic acids is 1. The van der Waals surface area contributed by atoms with Crippen LogP contribution in [0.5, 0.6) is 0 Å². The fourth-order valence-corrected chi connectivity index (χ4v) is 2.35. The number of nitrogens with zero attached hydrogens (tertiary/aromatic N) is 1. The first kappa shape index (κ1) is 31.5. The minimum Gasteiger partial charge on any atom is -0.810 e. The third kappa shape index (κ3) is 23.6. The Labute approximate surface area is 119 Å². The van der Waals surface area contributed by atoms with E-state index in [1.54, 1.807) is 0 Å². The van der Waals surface area contributed by atoms with Gasteiger partial charge in [-0.15, -0.1) is 0 Å². The van der Waals surface area contributed by atoms with Crippen LogP contribution in [0.4, 0.5) is 0 Å². The summed E-state index contributed by atoms with van der Waals surface area (Å²) >= 11 is 0. The average molecular weight is 371 g/mol. The number of hydrogen-bond donors (Lipinski definition) is 3. The third-order valence-corrected chi connectivity index (χ3v) is 2.59. The van der Waals surface area contributed by atoms with Gasteiger partial charge in [0.15, 0.2) is 0 Å². The second kappa shape index (κ2) is 11.9. The Morgan fingerprint density at radius 1 is 0.895 bits per heavy atom. The van der Waals surface area contributed by atoms with Crippen LogP contribution in [0.25, 0.3) is 0 Å². The molecule has 121 valence electrons. The summed E-state index contributed by atoms with van der Waals surface area (Å²) in [5.41, 5.74) is 0. The van der Waals surface area contributed by atoms with Crippen LogP contribution >= 0.6 is 15.2 Å². The second-order valence-corrected chi connectivity index (χ2v) is 5.71. The van der Waals surface area contributed by atoms with Crippen molar-refractivity contribution in [2.45, 2.75) is 0 Å². The Morgan fingerprint density at radius 2 is 1.16 bits per heavy atom. The summed E-state index contributed by atoms with van der Waals surface area (Å²) < 4.78 is 20.5. The molecule has 0 saturated heterocycles. The first-order valence-electron chi connectivity index (χ1n) is 3.44. The topological polar surface area (TPSA) is 279 Å². The zero-order valence-electron chi connectivity index (χ0n) is 10.6. The van der Waals surface area contributed by atoms with Gasteiger partial charge in [-0.05, 0) is 0 Å². The van der Waals surface area contributed by atoms with E-state index in [4.69, 9.17) is 0 Å². The molecule has 1 radical (unpaired) electrons. The fourth-order valence-electron chi connectivity index (χ4n) is 0.817. The van der Waals surface area contributed by atoms with Crippen molar-refractivity contribution in [1.82, 2.24) is 23.4 Å². The van der Waals surface area contributed by atoms with Crippen LogP contribution in [-0.2, 0) is 30.7 Å². The van der Waals surface area contributed by atoms with Crippen LogP contribution in [0.15, 0.2) is 0 Å². The molecular formula is C4H18CoN4O8P2. The van der Waals surface area contributed by atoms with Gasteiger partial charge >= 0.3 is 16.8 Å². The van der Waals surface area contributed by atoms with Gasteiger partial charge in [-0.2, -0.15) is 0 Å². The van der Waals surface area contributed by atoms with Crippen LogP contribution in [0, 0.1) is 0 Å². The van der Waals surface area contributed by atoms with Gasteiger partial charge in [0.1, 0.15) is 0 Å². The van der Waals surface area contributed by atoms with E-state index in [2.05, 4.69) is 0 Å². The molecule has 0 heterocycles. The minimum atomic E-state index is -5.13. The van der Waals surface area contributed by atoms with Crippen molar-refractivity contribution in [3.8, 4) is 0 Å². The standard InChI is InChI=1S/C4H11NO8P2.Co.3H3N/c6-4(7)1-5(2-14(8,9)10)3-15(11,12)13;;;;/h1-3H2,(H,6,7)(H2,8,9,10)(H2,11,12,13);;3*1H3/q;+2;;;/p-2. The van der Waals surface area contributed by atoms with Crippen molar-refractivity contribution in [2.24, 2.45) is 0 Å². The van der Waals surface area contributed by atoms with Crippen LogP contribution in [-0.4, -0.2) is 30.0 Å². The first-order chi connectivity index (χ1) is 6.49. The molecule has 19 heavy (non-hydrogen) atoms. The molecule has 0 rings (SSSR count). The van der Waals surface area contributed by atoms with Crippen molar-refractivity contribution in [2.75, 3.05) is 19.1 Å². The number of rotatable bonds is 6. The summed E-state index contributed by atoms with van der Waals surface area (Å²) in [6.07, 6.45) is -2.70. The molecule has 12 nitrogen and oxygen atoms in total. The van der Waals surface area contributed by atoms with Gasteiger partial charge in [0, 0.05) is 19.1 Å². The van der Waals surface area contributed by atoms with Crippen molar-refractivity contribution < 1.29 is 55.4 Å². The van der Waals surface area contributed by atoms with E-state index in [0.29, 0.717) is 0 Å². The Kier molecular flexibility index (Phi) is 19.7. The van der Waals surface area contributed by atoms with E-state index in [1.165, 1.54) is 0 Å². The Bertz CT molecular complexity index is 307. The molecule has 0 unspecified atom stereocenters. The SMILES string of the molecule is O=C([O-])CN(CP(=O)([O-])[O-])CP(=O)([O-])[O-].[Co+2].[NH4+].[NH4+].[NH4+]. The van der Waals surface area contributed by atoms with Gasteiger partial charge in [0.25, 0.3) is 0 Å². The van der Waals surface area contributed by atoms with Gasteiger partial charge in [-0.1, -0.05) is 15.2 Å². The predicted molar refractivity (Wildman–Crippen MR) is 54.6 cm³/mol. The molecule has 0 spiro atoms. The number of hydrogen-bond acceptors (Lipinski definition) is 9. The largest absolute Gasteiger partial charge is 2.00 e. The molecule has 0 aromatic rings. The van der Waals surface area contributed by atoms with Crippen LogP contribution < -0.4 is 43.1 Å². The Hall–Kier alpha value is 0.116. The van der Waals surface area contributed by atoms with Crippen molar-refractivity contribution in [1.29, 1.82) is 0 Å². The molecule has 0 aliphatic carbocycles. The molecule has 15 heteroatoms. The van der Waals surface area contributed by atoms with Gasteiger partial charge in [-0.25, -0.2) is 0 Å². The summed E-state index contributed by atoms with van der Waals surface area (Å²) in [4.78, 5) is 51.1. The zero-order valence-corrected chi connectivity index (χ0v) is 13.4. The zero-order chi connectivity index (χ0) is 12.3. The molecule has 0 aliphatic heterocycles. The average Bonchev–Trinajstić information content (AvgIpc) is 1.73. The summed E-state index contributed by atoms with van der Waals surface area (Å²) in [5.74, 6) is -1.79. The van der Waals surface area contributed by atoms with Crippen LogP contribution in [0.1, 0.15) is 0 Å². The smallest absolute Gasteiger partial charge is 0.810 e. The number of carbonyl (C=O) groups excluding carboxylic acids is 1. The number of carbonyl (C=O) groups is 1. The first-order valence-corrected chi connectivity index (χ1v) is 6.89. The molecule has 0 aromatic heterocycles. The fraction of sp³-hybridized carbons (Fsp3) is 0.750. The quantitative estimate of drug-likeness (QED) is 0.382. The Morgan fingerprint density at radius 3 is 1.32 bits per heavy atom. The normalized spacial score (nSPS) is 10.4. The van der Waals surface area contributed by atoms with Crippen LogP contribution in [0.3, 0.4) is 0 Å². The molecule has 0 aliphatic rings. The number of aliphatic carboxylic acids is 1. The van der Waals surface area contributed by atoms with Gasteiger partial charge in [0.05, 0.1) is 5.97 Å². The predicted octanol–water partition coefficient (Wildman–Crippen LogP) is -4.09. The molecule has 0 atom stereocenters. The molecular weight excluding hydrogens is 353 g/mol. The summed E-state index contributed by atoms with van der Waals surface area (Å²) in [5, 5.41) is 10.0. The van der Waals surface area contributed by atoms with E-state index >= 15 is 0 Å². The molecule has 0 saturated carbocycles. The maximum atomic E-state index is 10.2. The minimum absolute atomic E-state index is 0. The number of quaternary nitrogens is 3. The monoisotopic (exact) mass is 371 g/mol. The molecule has 0 amide bonds. The van der Waals surface area contributed by atoms with Gasteiger partial charge in [0.2, 0.25) is 0 Å². The maximum Gasteiger partial charge on any atom is 2.00 e. The maximum absolute atomic E-state index is 10.2. The number of carboxylic acid groups (broad SMARTS) is 1. The van der Waals surface area contributed by atoms with E-state index in [1.807, 2.05) is 0 Å². The van der Waals surface area contributed by atoms with Gasteiger partial charge in [-0.3, -0.25) is 4.90 Å². The molecule has 0 fully saturated rings. The molecule has 0 bridgehead atoms. The van der Waals surface area contributed by atoms with E-state index < -0.39 is 40.3 Å². The second-order valence-electron chi connectivity index (χ2n) is 2.71. The van der Waals surface area contributed by atoms with E-state index in [-0.39, 0.29) is 40.1 Å².